The Balaban J connectivity index is 1.30. The summed E-state index contributed by atoms with van der Waals surface area (Å²) in [6.45, 7) is 4.16. The third-order valence-corrected chi connectivity index (χ3v) is 6.69. The third kappa shape index (κ3) is 3.13. The van der Waals surface area contributed by atoms with Crippen LogP contribution in [0.1, 0.15) is 35.4 Å². The summed E-state index contributed by atoms with van der Waals surface area (Å²) in [5, 5.41) is 4.20. The van der Waals surface area contributed by atoms with Gasteiger partial charge in [0.2, 0.25) is 0 Å². The van der Waals surface area contributed by atoms with E-state index in [2.05, 4.69) is 14.6 Å². The highest BCUT2D eigenvalue weighted by atomic mass is 32.1. The lowest BCUT2D eigenvalue weighted by Crippen LogP contribution is -2.57. The van der Waals surface area contributed by atoms with E-state index in [1.165, 1.54) is 50.3 Å². The molecule has 2 bridgehead atoms. The van der Waals surface area contributed by atoms with Crippen molar-refractivity contribution in [3.8, 4) is 5.75 Å². The monoisotopic (exact) mass is 357 g/mol. The Kier molecular flexibility index (Phi) is 3.90. The summed E-state index contributed by atoms with van der Waals surface area (Å²) in [4.78, 5) is 16.0. The summed E-state index contributed by atoms with van der Waals surface area (Å²) in [5.41, 5.74) is 0.859. The van der Waals surface area contributed by atoms with E-state index in [0.29, 0.717) is 5.92 Å². The zero-order valence-electron chi connectivity index (χ0n) is 14.2. The minimum absolute atomic E-state index is 0.0258. The first-order valence-corrected chi connectivity index (χ1v) is 10.1. The van der Waals surface area contributed by atoms with Crippen LogP contribution >= 0.6 is 11.5 Å². The lowest BCUT2D eigenvalue weighted by Gasteiger charge is -2.44. The summed E-state index contributed by atoms with van der Waals surface area (Å²) in [6.07, 6.45) is 4.97. The summed E-state index contributed by atoms with van der Waals surface area (Å²) >= 11 is 1.29. The first-order chi connectivity index (χ1) is 12.3. The van der Waals surface area contributed by atoms with Crippen molar-refractivity contribution in [1.82, 2.24) is 14.6 Å². The van der Waals surface area contributed by atoms with Gasteiger partial charge in [-0.15, -0.1) is 0 Å². The van der Waals surface area contributed by atoms with Crippen molar-refractivity contribution in [3.63, 3.8) is 0 Å². The molecule has 6 rings (SSSR count). The van der Waals surface area contributed by atoms with E-state index >= 15 is 0 Å². The molecule has 3 saturated heterocycles. The van der Waals surface area contributed by atoms with Gasteiger partial charge >= 0.3 is 0 Å². The number of rotatable bonds is 5. The van der Waals surface area contributed by atoms with Gasteiger partial charge < -0.3 is 15.0 Å². The SMILES string of the molecule is O=C(N[C@@H]1CN2CCC1CC2)c1snc2cc(OCC3CC3)ccc12. The first-order valence-electron chi connectivity index (χ1n) is 9.32. The minimum Gasteiger partial charge on any atom is -0.493 e. The number of benzene rings is 1. The lowest BCUT2D eigenvalue weighted by molar-refractivity contribution is 0.0623. The number of amides is 1. The molecule has 1 aliphatic carbocycles. The van der Waals surface area contributed by atoms with Crippen molar-refractivity contribution in [2.45, 2.75) is 31.7 Å². The molecule has 5 nitrogen and oxygen atoms in total. The molecule has 1 atom stereocenters. The van der Waals surface area contributed by atoms with Gasteiger partial charge in [0.05, 0.1) is 12.1 Å². The van der Waals surface area contributed by atoms with Gasteiger partial charge in [0.25, 0.3) is 5.91 Å². The Morgan fingerprint density at radius 2 is 2.12 bits per heavy atom. The van der Waals surface area contributed by atoms with Gasteiger partial charge in [0, 0.05) is 24.0 Å². The van der Waals surface area contributed by atoms with Crippen LogP contribution in [0.4, 0.5) is 0 Å². The van der Waals surface area contributed by atoms with Gasteiger partial charge in [-0.2, -0.15) is 4.37 Å². The molecule has 4 fully saturated rings. The normalized spacial score (nSPS) is 28.2. The largest absolute Gasteiger partial charge is 0.493 e. The average molecular weight is 357 g/mol. The quantitative estimate of drug-likeness (QED) is 0.894. The predicted molar refractivity (Wildman–Crippen MR) is 98.3 cm³/mol. The fraction of sp³-hybridized carbons (Fsp3) is 0.579. The second kappa shape index (κ2) is 6.25. The molecule has 3 aliphatic heterocycles. The molecule has 2 aromatic rings. The van der Waals surface area contributed by atoms with Crippen LogP contribution in [0.3, 0.4) is 0 Å². The van der Waals surface area contributed by atoms with Crippen LogP contribution in [0, 0.1) is 11.8 Å². The Bertz CT molecular complexity index is 793. The number of carbonyl (C=O) groups excluding carboxylic acids is 1. The van der Waals surface area contributed by atoms with E-state index in [9.17, 15) is 4.79 Å². The summed E-state index contributed by atoms with van der Waals surface area (Å²) in [7, 11) is 0. The summed E-state index contributed by atoms with van der Waals surface area (Å²) in [6, 6.07) is 6.18. The maximum absolute atomic E-state index is 12.8. The molecule has 25 heavy (non-hydrogen) atoms. The number of nitrogens with one attached hydrogen (secondary N) is 1. The van der Waals surface area contributed by atoms with Crippen LogP contribution in [-0.2, 0) is 0 Å². The van der Waals surface area contributed by atoms with Gasteiger partial charge in [0.15, 0.2) is 0 Å². The predicted octanol–water partition coefficient (Wildman–Crippen LogP) is 2.91. The molecular formula is C19H23N3O2S. The van der Waals surface area contributed by atoms with Crippen molar-refractivity contribution in [1.29, 1.82) is 0 Å². The number of nitrogens with zero attached hydrogens (tertiary/aromatic N) is 2. The first kappa shape index (κ1) is 15.6. The maximum Gasteiger partial charge on any atom is 0.263 e. The number of carbonyl (C=O) groups is 1. The van der Waals surface area contributed by atoms with Gasteiger partial charge in [-0.25, -0.2) is 0 Å². The number of piperidine rings is 3. The number of hydrogen-bond donors (Lipinski definition) is 1. The number of aromatic nitrogens is 1. The number of hydrogen-bond acceptors (Lipinski definition) is 5. The van der Waals surface area contributed by atoms with Crippen LogP contribution in [0.25, 0.3) is 10.9 Å². The van der Waals surface area contributed by atoms with Gasteiger partial charge in [-0.3, -0.25) is 4.79 Å². The van der Waals surface area contributed by atoms with Crippen LogP contribution in [-0.4, -0.2) is 47.5 Å². The van der Waals surface area contributed by atoms with Crippen molar-refractivity contribution >= 4 is 28.3 Å². The van der Waals surface area contributed by atoms with Crippen LogP contribution < -0.4 is 10.1 Å². The Labute approximate surface area is 151 Å². The minimum atomic E-state index is 0.0258. The lowest BCUT2D eigenvalue weighted by atomic mass is 9.84. The molecule has 132 valence electrons. The van der Waals surface area contributed by atoms with Gasteiger partial charge in [-0.1, -0.05) is 0 Å². The molecule has 1 aromatic heterocycles. The fourth-order valence-electron chi connectivity index (χ4n) is 4.04. The van der Waals surface area contributed by atoms with E-state index in [-0.39, 0.29) is 11.9 Å². The van der Waals surface area contributed by atoms with Crippen molar-refractivity contribution in [3.05, 3.63) is 23.1 Å². The molecule has 4 aliphatic rings. The molecule has 0 unspecified atom stereocenters. The number of fused-ring (bicyclic) bond motifs is 4. The van der Waals surface area contributed by atoms with E-state index in [4.69, 9.17) is 4.74 Å². The Morgan fingerprint density at radius 1 is 1.28 bits per heavy atom. The van der Waals surface area contributed by atoms with E-state index in [1.54, 1.807) is 0 Å². The van der Waals surface area contributed by atoms with Gasteiger partial charge in [-0.05, 0) is 74.3 Å². The molecular weight excluding hydrogens is 334 g/mol. The highest BCUT2D eigenvalue weighted by Crippen LogP contribution is 2.32. The zero-order valence-corrected chi connectivity index (χ0v) is 15.1. The highest BCUT2D eigenvalue weighted by Gasteiger charge is 2.35. The molecule has 0 radical (unpaired) electrons. The molecule has 1 aromatic carbocycles. The second-order valence-corrected chi connectivity index (χ2v) is 8.44. The molecule has 1 saturated carbocycles. The zero-order chi connectivity index (χ0) is 16.8. The maximum atomic E-state index is 12.8. The summed E-state index contributed by atoms with van der Waals surface area (Å²) in [5.74, 6) is 2.25. The van der Waals surface area contributed by atoms with E-state index in [0.717, 1.165) is 40.6 Å². The molecule has 4 heterocycles. The van der Waals surface area contributed by atoms with E-state index in [1.807, 2.05) is 18.2 Å². The fourth-order valence-corrected chi connectivity index (χ4v) is 4.79. The van der Waals surface area contributed by atoms with Crippen molar-refractivity contribution in [2.75, 3.05) is 26.2 Å². The van der Waals surface area contributed by atoms with Crippen LogP contribution in [0.2, 0.25) is 0 Å². The third-order valence-electron chi connectivity index (χ3n) is 5.81. The molecule has 0 spiro atoms. The Hall–Kier alpha value is -1.66. The van der Waals surface area contributed by atoms with Crippen LogP contribution in [0.15, 0.2) is 18.2 Å². The van der Waals surface area contributed by atoms with Crippen molar-refractivity contribution in [2.24, 2.45) is 11.8 Å². The number of ether oxygens (including phenoxy) is 1. The van der Waals surface area contributed by atoms with Crippen molar-refractivity contribution < 1.29 is 9.53 Å². The van der Waals surface area contributed by atoms with Gasteiger partial charge in [0.1, 0.15) is 10.6 Å². The highest BCUT2D eigenvalue weighted by molar-refractivity contribution is 7.09. The summed E-state index contributed by atoms with van der Waals surface area (Å²) < 4.78 is 10.3. The average Bonchev–Trinajstić information content (AvgIpc) is 3.38. The molecule has 6 heteroatoms. The standard InChI is InChI=1S/C19H23N3O2S/c23-19(20-17-10-22-7-5-13(17)6-8-22)18-15-4-3-14(9-16(15)21-25-18)24-11-12-1-2-12/h3-4,9,12-13,17H,1-2,5-8,10-11H2,(H,20,23)/t17-/m1/s1. The Morgan fingerprint density at radius 3 is 2.84 bits per heavy atom. The van der Waals surface area contributed by atoms with E-state index < -0.39 is 0 Å². The smallest absolute Gasteiger partial charge is 0.263 e. The second-order valence-electron chi connectivity index (χ2n) is 7.66. The molecule has 1 amide bonds. The molecule has 1 N–H and O–H groups in total. The van der Waals surface area contributed by atoms with Crippen LogP contribution in [0.5, 0.6) is 5.75 Å². The topological polar surface area (TPSA) is 54.5 Å².